The molecule has 1 unspecified atom stereocenters. The van der Waals surface area contributed by atoms with Gasteiger partial charge in [0.05, 0.1) is 6.20 Å². The van der Waals surface area contributed by atoms with Crippen molar-refractivity contribution < 1.29 is 9.15 Å². The van der Waals surface area contributed by atoms with E-state index in [1.54, 1.807) is 0 Å². The predicted molar refractivity (Wildman–Crippen MR) is 63.8 cm³/mol. The minimum Gasteiger partial charge on any atom is -0.443 e. The van der Waals surface area contributed by atoms with Gasteiger partial charge in [0.25, 0.3) is 0 Å². The van der Waals surface area contributed by atoms with Gasteiger partial charge < -0.3 is 14.5 Å². The molecule has 0 amide bonds. The lowest BCUT2D eigenvalue weighted by Gasteiger charge is -2.19. The number of hydrogen-bond acceptors (Lipinski definition) is 4. The molecule has 2 fully saturated rings. The summed E-state index contributed by atoms with van der Waals surface area (Å²) in [5.41, 5.74) is -0.241. The Morgan fingerprint density at radius 1 is 1.53 bits per heavy atom. The quantitative estimate of drug-likeness (QED) is 0.849. The second-order valence-corrected chi connectivity index (χ2v) is 5.28. The molecule has 0 radical (unpaired) electrons. The first-order valence-electron chi connectivity index (χ1n) is 6.59. The number of nitrogens with one attached hydrogen (secondary N) is 1. The van der Waals surface area contributed by atoms with Gasteiger partial charge in [-0.15, -0.1) is 0 Å². The maximum atomic E-state index is 5.80. The van der Waals surface area contributed by atoms with Gasteiger partial charge >= 0.3 is 0 Å². The number of aromatic nitrogens is 1. The molecule has 4 heteroatoms. The Bertz CT molecular complexity index is 379. The largest absolute Gasteiger partial charge is 0.443 e. The molecule has 1 N–H and O–H groups in total. The van der Waals surface area contributed by atoms with Crippen molar-refractivity contribution in [3.63, 3.8) is 0 Å². The summed E-state index contributed by atoms with van der Waals surface area (Å²) in [6.45, 7) is 3.88. The fourth-order valence-corrected chi connectivity index (χ4v) is 2.31. The predicted octanol–water partition coefficient (Wildman–Crippen LogP) is 1.99. The van der Waals surface area contributed by atoms with Crippen LogP contribution in [0.4, 0.5) is 0 Å². The van der Waals surface area contributed by atoms with E-state index in [-0.39, 0.29) is 5.60 Å². The zero-order chi connectivity index (χ0) is 11.7. The molecule has 0 aromatic carbocycles. The molecule has 3 rings (SSSR count). The maximum absolute atomic E-state index is 5.80. The van der Waals surface area contributed by atoms with E-state index in [9.17, 15) is 0 Å². The highest BCUT2D eigenvalue weighted by Crippen LogP contribution is 2.35. The van der Waals surface area contributed by atoms with Gasteiger partial charge in [-0.3, -0.25) is 0 Å². The molecule has 1 aromatic heterocycles. The van der Waals surface area contributed by atoms with Crippen LogP contribution in [0.2, 0.25) is 0 Å². The minimum absolute atomic E-state index is 0.241. The third kappa shape index (κ3) is 2.53. The molecule has 1 saturated heterocycles. The maximum Gasteiger partial charge on any atom is 0.195 e. The lowest BCUT2D eigenvalue weighted by atomic mass is 10.0. The average Bonchev–Trinajstić information content (AvgIpc) is 2.83. The first-order chi connectivity index (χ1) is 8.26. The van der Waals surface area contributed by atoms with E-state index in [2.05, 4.69) is 17.2 Å². The summed E-state index contributed by atoms with van der Waals surface area (Å²) < 4.78 is 11.5. The van der Waals surface area contributed by atoms with Crippen LogP contribution in [-0.4, -0.2) is 24.2 Å². The Kier molecular flexibility index (Phi) is 2.92. The fourth-order valence-electron chi connectivity index (χ4n) is 2.31. The molecule has 4 nitrogen and oxygen atoms in total. The van der Waals surface area contributed by atoms with E-state index in [0.717, 1.165) is 50.1 Å². The molecular formula is C13H20N2O2. The normalized spacial score (nSPS) is 28.8. The van der Waals surface area contributed by atoms with Gasteiger partial charge in [0.15, 0.2) is 11.7 Å². The number of rotatable bonds is 5. The Labute approximate surface area is 102 Å². The third-order valence-electron chi connectivity index (χ3n) is 3.64. The molecule has 1 aliphatic carbocycles. The van der Waals surface area contributed by atoms with Crippen LogP contribution in [0, 0.1) is 0 Å². The second kappa shape index (κ2) is 4.42. The van der Waals surface area contributed by atoms with Crippen molar-refractivity contribution in [1.29, 1.82) is 0 Å². The van der Waals surface area contributed by atoms with Crippen molar-refractivity contribution >= 4 is 0 Å². The van der Waals surface area contributed by atoms with Crippen LogP contribution in [-0.2, 0) is 16.8 Å². The van der Waals surface area contributed by atoms with Crippen LogP contribution < -0.4 is 5.32 Å². The highest BCUT2D eigenvalue weighted by Gasteiger charge is 2.35. The summed E-state index contributed by atoms with van der Waals surface area (Å²) in [5.74, 6) is 1.71. The van der Waals surface area contributed by atoms with Crippen molar-refractivity contribution in [3.05, 3.63) is 17.8 Å². The summed E-state index contributed by atoms with van der Waals surface area (Å²) in [6, 6.07) is 0.750. The van der Waals surface area contributed by atoms with Gasteiger partial charge in [-0.2, -0.15) is 0 Å². The lowest BCUT2D eigenvalue weighted by Crippen LogP contribution is -2.20. The van der Waals surface area contributed by atoms with Crippen molar-refractivity contribution in [1.82, 2.24) is 10.3 Å². The van der Waals surface area contributed by atoms with E-state index in [4.69, 9.17) is 9.15 Å². The van der Waals surface area contributed by atoms with Crippen LogP contribution in [0.3, 0.4) is 0 Å². The molecule has 2 heterocycles. The molecule has 1 aromatic rings. The van der Waals surface area contributed by atoms with Crippen LogP contribution in [0.5, 0.6) is 0 Å². The zero-order valence-electron chi connectivity index (χ0n) is 10.4. The van der Waals surface area contributed by atoms with Crippen LogP contribution >= 0.6 is 0 Å². The SMILES string of the molecule is CC1(c2cnc(CCNC3CC3)o2)CCCO1. The number of ether oxygens (including phenoxy) is 1. The summed E-state index contributed by atoms with van der Waals surface area (Å²) in [4.78, 5) is 4.34. The van der Waals surface area contributed by atoms with Crippen LogP contribution in [0.25, 0.3) is 0 Å². The first kappa shape index (κ1) is 11.2. The van der Waals surface area contributed by atoms with Crippen molar-refractivity contribution in [3.8, 4) is 0 Å². The molecule has 1 saturated carbocycles. The fraction of sp³-hybridized carbons (Fsp3) is 0.769. The van der Waals surface area contributed by atoms with Crippen LogP contribution in [0.15, 0.2) is 10.6 Å². The van der Waals surface area contributed by atoms with Gasteiger partial charge in [-0.25, -0.2) is 4.98 Å². The first-order valence-corrected chi connectivity index (χ1v) is 6.59. The van der Waals surface area contributed by atoms with Crippen molar-refractivity contribution in [2.24, 2.45) is 0 Å². The second-order valence-electron chi connectivity index (χ2n) is 5.28. The van der Waals surface area contributed by atoms with Crippen molar-refractivity contribution in [2.75, 3.05) is 13.2 Å². The third-order valence-corrected chi connectivity index (χ3v) is 3.64. The summed E-state index contributed by atoms with van der Waals surface area (Å²) in [5, 5.41) is 3.46. The molecule has 17 heavy (non-hydrogen) atoms. The Morgan fingerprint density at radius 3 is 3.12 bits per heavy atom. The van der Waals surface area contributed by atoms with E-state index >= 15 is 0 Å². The summed E-state index contributed by atoms with van der Waals surface area (Å²) >= 11 is 0. The van der Waals surface area contributed by atoms with E-state index < -0.39 is 0 Å². The molecule has 0 bridgehead atoms. The number of hydrogen-bond donors (Lipinski definition) is 1. The molecule has 2 aliphatic rings. The molecular weight excluding hydrogens is 216 g/mol. The molecule has 1 atom stereocenters. The minimum atomic E-state index is -0.241. The average molecular weight is 236 g/mol. The van der Waals surface area contributed by atoms with Gasteiger partial charge in [0.2, 0.25) is 0 Å². The van der Waals surface area contributed by atoms with Gasteiger partial charge in [-0.1, -0.05) is 0 Å². The Morgan fingerprint density at radius 2 is 2.41 bits per heavy atom. The van der Waals surface area contributed by atoms with Crippen LogP contribution in [0.1, 0.15) is 44.3 Å². The standard InChI is InChI=1S/C13H20N2O2/c1-13(6-2-8-16-13)11-9-15-12(17-11)5-7-14-10-3-4-10/h9-10,14H,2-8H2,1H3. The van der Waals surface area contributed by atoms with Gasteiger partial charge in [-0.05, 0) is 32.6 Å². The van der Waals surface area contributed by atoms with E-state index in [1.165, 1.54) is 12.8 Å². The van der Waals surface area contributed by atoms with Gasteiger partial charge in [0, 0.05) is 25.6 Å². The lowest BCUT2D eigenvalue weighted by molar-refractivity contribution is -0.00163. The topological polar surface area (TPSA) is 47.3 Å². The monoisotopic (exact) mass is 236 g/mol. The van der Waals surface area contributed by atoms with E-state index in [1.807, 2.05) is 6.20 Å². The Hall–Kier alpha value is -0.870. The molecule has 1 aliphatic heterocycles. The van der Waals surface area contributed by atoms with Crippen molar-refractivity contribution in [2.45, 2.75) is 50.7 Å². The highest BCUT2D eigenvalue weighted by molar-refractivity contribution is 5.07. The molecule has 0 spiro atoms. The van der Waals surface area contributed by atoms with E-state index in [0.29, 0.717) is 0 Å². The zero-order valence-corrected chi connectivity index (χ0v) is 10.4. The summed E-state index contributed by atoms with van der Waals surface area (Å²) in [7, 11) is 0. The number of oxazole rings is 1. The number of nitrogens with zero attached hydrogens (tertiary/aromatic N) is 1. The smallest absolute Gasteiger partial charge is 0.195 e. The summed E-state index contributed by atoms with van der Waals surface area (Å²) in [6.07, 6.45) is 7.48. The van der Waals surface area contributed by atoms with Gasteiger partial charge in [0.1, 0.15) is 5.60 Å². The Balaban J connectivity index is 1.57. The molecule has 94 valence electrons. The highest BCUT2D eigenvalue weighted by atomic mass is 16.5.